The average Bonchev–Trinajstić information content (AvgIpc) is 2.70. The Kier molecular flexibility index (Phi) is 22.7. The maximum Gasteiger partial charge on any atom is 0.508 e. The Morgan fingerprint density at radius 2 is 1.00 bits per heavy atom. The van der Waals surface area contributed by atoms with Crippen molar-refractivity contribution in [1.29, 1.82) is 0 Å². The molecule has 3 heteroatoms. The van der Waals surface area contributed by atoms with Gasteiger partial charge in [-0.25, -0.2) is 4.79 Å². The monoisotopic (exact) mass is 394 g/mol. The number of allylic oxidation sites excluding steroid dienone is 4. The van der Waals surface area contributed by atoms with Gasteiger partial charge in [0.05, 0.1) is 13.2 Å². The van der Waals surface area contributed by atoms with Crippen LogP contribution < -0.4 is 0 Å². The smallest absolute Gasteiger partial charge is 0.434 e. The second-order valence-corrected chi connectivity index (χ2v) is 7.59. The second kappa shape index (κ2) is 23.8. The van der Waals surface area contributed by atoms with Gasteiger partial charge in [-0.2, -0.15) is 0 Å². The molecule has 0 rings (SSSR count). The zero-order valence-electron chi connectivity index (χ0n) is 18.8. The summed E-state index contributed by atoms with van der Waals surface area (Å²) in [7, 11) is 0. The minimum absolute atomic E-state index is 0.489. The van der Waals surface area contributed by atoms with Crippen LogP contribution in [0, 0.1) is 0 Å². The van der Waals surface area contributed by atoms with Crippen LogP contribution in [-0.4, -0.2) is 19.4 Å². The van der Waals surface area contributed by atoms with Gasteiger partial charge in [0.2, 0.25) is 0 Å². The Bertz CT molecular complexity index is 374. The van der Waals surface area contributed by atoms with Crippen LogP contribution in [0.2, 0.25) is 0 Å². The van der Waals surface area contributed by atoms with Crippen LogP contribution in [0.15, 0.2) is 24.3 Å². The quantitative estimate of drug-likeness (QED) is 0.118. The molecule has 0 aliphatic rings. The summed E-state index contributed by atoms with van der Waals surface area (Å²) in [5.41, 5.74) is 0. The summed E-state index contributed by atoms with van der Waals surface area (Å²) in [5.74, 6) is 0. The lowest BCUT2D eigenvalue weighted by Gasteiger charge is -2.06. The molecule has 0 aromatic carbocycles. The summed E-state index contributed by atoms with van der Waals surface area (Å²) < 4.78 is 10.1. The fourth-order valence-corrected chi connectivity index (χ4v) is 2.97. The molecule has 0 bridgehead atoms. The maximum atomic E-state index is 11.4. The van der Waals surface area contributed by atoms with Crippen molar-refractivity contribution in [2.75, 3.05) is 13.2 Å². The first-order valence-corrected chi connectivity index (χ1v) is 11.9. The molecule has 0 saturated carbocycles. The Balaban J connectivity index is 3.22. The van der Waals surface area contributed by atoms with Gasteiger partial charge in [-0.15, -0.1) is 0 Å². The topological polar surface area (TPSA) is 35.5 Å². The maximum absolute atomic E-state index is 11.4. The molecule has 0 heterocycles. The average molecular weight is 395 g/mol. The van der Waals surface area contributed by atoms with Crippen LogP contribution in [0.4, 0.5) is 4.79 Å². The minimum atomic E-state index is -0.501. The van der Waals surface area contributed by atoms with Crippen LogP contribution in [0.1, 0.15) is 117 Å². The molecule has 0 saturated heterocycles. The summed E-state index contributed by atoms with van der Waals surface area (Å²) >= 11 is 0. The van der Waals surface area contributed by atoms with Crippen molar-refractivity contribution >= 4 is 6.16 Å². The highest BCUT2D eigenvalue weighted by molar-refractivity contribution is 5.59. The van der Waals surface area contributed by atoms with Gasteiger partial charge in [-0.3, -0.25) is 0 Å². The van der Waals surface area contributed by atoms with Gasteiger partial charge in [-0.05, 0) is 44.9 Å². The third-order valence-corrected chi connectivity index (χ3v) is 4.78. The standard InChI is InChI=1S/C25H46O3/c1-3-5-7-9-10-11-12-13-14-15-16-17-18-19-20-22-24-28-25(26)27-23-21-8-6-4-2/h10-11,13-14H,3-9,12,15-24H2,1-2H3/b11-10-,14-13-. The predicted octanol–water partition coefficient (Wildman–Crippen LogP) is 8.53. The molecule has 0 amide bonds. The van der Waals surface area contributed by atoms with Crippen LogP contribution in [0.25, 0.3) is 0 Å². The molecule has 0 unspecified atom stereocenters. The van der Waals surface area contributed by atoms with E-state index in [1.165, 1.54) is 70.6 Å². The lowest BCUT2D eigenvalue weighted by atomic mass is 10.1. The summed E-state index contributed by atoms with van der Waals surface area (Å²) in [5, 5.41) is 0. The number of rotatable bonds is 20. The van der Waals surface area contributed by atoms with Crippen molar-refractivity contribution in [3.8, 4) is 0 Å². The molecule has 0 fully saturated rings. The molecular formula is C25H46O3. The fraction of sp³-hybridized carbons (Fsp3) is 0.800. The summed E-state index contributed by atoms with van der Waals surface area (Å²) in [6.07, 6.45) is 27.8. The number of hydrogen-bond acceptors (Lipinski definition) is 3. The van der Waals surface area contributed by atoms with Gasteiger partial charge >= 0.3 is 6.16 Å². The van der Waals surface area contributed by atoms with Gasteiger partial charge in [0.1, 0.15) is 0 Å². The van der Waals surface area contributed by atoms with Crippen molar-refractivity contribution in [2.24, 2.45) is 0 Å². The number of carbonyl (C=O) groups excluding carboxylic acids is 1. The largest absolute Gasteiger partial charge is 0.508 e. The molecule has 164 valence electrons. The first-order chi connectivity index (χ1) is 13.8. The molecule has 0 aromatic heterocycles. The van der Waals surface area contributed by atoms with E-state index in [1.54, 1.807) is 0 Å². The van der Waals surface area contributed by atoms with E-state index in [1.807, 2.05) is 0 Å². The molecule has 0 spiro atoms. The molecule has 0 aliphatic heterocycles. The number of hydrogen-bond donors (Lipinski definition) is 0. The van der Waals surface area contributed by atoms with Crippen molar-refractivity contribution in [1.82, 2.24) is 0 Å². The first kappa shape index (κ1) is 26.8. The summed E-state index contributed by atoms with van der Waals surface area (Å²) in [6, 6.07) is 0. The zero-order valence-corrected chi connectivity index (χ0v) is 18.8. The van der Waals surface area contributed by atoms with Gasteiger partial charge in [-0.1, -0.05) is 95.9 Å². The second-order valence-electron chi connectivity index (χ2n) is 7.59. The Hall–Kier alpha value is -1.25. The van der Waals surface area contributed by atoms with Crippen LogP contribution in [-0.2, 0) is 9.47 Å². The normalized spacial score (nSPS) is 11.5. The molecule has 0 N–H and O–H groups in total. The van der Waals surface area contributed by atoms with Gasteiger partial charge in [0.25, 0.3) is 0 Å². The van der Waals surface area contributed by atoms with Crippen LogP contribution in [0.3, 0.4) is 0 Å². The number of ether oxygens (including phenoxy) is 2. The van der Waals surface area contributed by atoms with Crippen molar-refractivity contribution < 1.29 is 14.3 Å². The van der Waals surface area contributed by atoms with Crippen molar-refractivity contribution in [2.45, 2.75) is 117 Å². The third-order valence-electron chi connectivity index (χ3n) is 4.78. The van der Waals surface area contributed by atoms with Crippen molar-refractivity contribution in [3.05, 3.63) is 24.3 Å². The van der Waals surface area contributed by atoms with Crippen LogP contribution in [0.5, 0.6) is 0 Å². The highest BCUT2D eigenvalue weighted by Gasteiger charge is 2.02. The zero-order chi connectivity index (χ0) is 20.5. The van der Waals surface area contributed by atoms with Gasteiger partial charge < -0.3 is 9.47 Å². The highest BCUT2D eigenvalue weighted by Crippen LogP contribution is 2.08. The Morgan fingerprint density at radius 3 is 1.57 bits per heavy atom. The predicted molar refractivity (Wildman–Crippen MR) is 121 cm³/mol. The minimum Gasteiger partial charge on any atom is -0.434 e. The first-order valence-electron chi connectivity index (χ1n) is 11.9. The highest BCUT2D eigenvalue weighted by atomic mass is 16.7. The third kappa shape index (κ3) is 22.8. The number of carbonyl (C=O) groups is 1. The Labute approximate surface area is 175 Å². The molecule has 0 radical (unpaired) electrons. The van der Waals surface area contributed by atoms with Gasteiger partial charge in [0, 0.05) is 0 Å². The molecule has 28 heavy (non-hydrogen) atoms. The molecular weight excluding hydrogens is 348 g/mol. The van der Waals surface area contributed by atoms with E-state index in [-0.39, 0.29) is 0 Å². The van der Waals surface area contributed by atoms with E-state index in [4.69, 9.17) is 9.47 Å². The van der Waals surface area contributed by atoms with E-state index >= 15 is 0 Å². The van der Waals surface area contributed by atoms with E-state index in [9.17, 15) is 4.79 Å². The molecule has 0 aliphatic carbocycles. The molecule has 0 atom stereocenters. The van der Waals surface area contributed by atoms with E-state index in [2.05, 4.69) is 38.2 Å². The fourth-order valence-electron chi connectivity index (χ4n) is 2.97. The summed E-state index contributed by atoms with van der Waals surface area (Å²) in [4.78, 5) is 11.4. The molecule has 0 aromatic rings. The van der Waals surface area contributed by atoms with E-state index in [0.29, 0.717) is 13.2 Å². The van der Waals surface area contributed by atoms with Gasteiger partial charge in [0.15, 0.2) is 0 Å². The lowest BCUT2D eigenvalue weighted by molar-refractivity contribution is 0.0529. The SMILES string of the molecule is CCCCC/C=C\C/C=C\CCCCCCCCOC(=O)OCCCCCC. The number of unbranched alkanes of at least 4 members (excludes halogenated alkanes) is 12. The Morgan fingerprint density at radius 1 is 0.571 bits per heavy atom. The van der Waals surface area contributed by atoms with Crippen LogP contribution >= 0.6 is 0 Å². The summed E-state index contributed by atoms with van der Waals surface area (Å²) in [6.45, 7) is 5.39. The lowest BCUT2D eigenvalue weighted by Crippen LogP contribution is -2.09. The van der Waals surface area contributed by atoms with Crippen molar-refractivity contribution in [3.63, 3.8) is 0 Å². The van der Waals surface area contributed by atoms with E-state index in [0.717, 1.165) is 32.1 Å². The molecule has 3 nitrogen and oxygen atoms in total. The van der Waals surface area contributed by atoms with E-state index < -0.39 is 6.16 Å².